The highest BCUT2D eigenvalue weighted by Crippen LogP contribution is 2.15. The summed E-state index contributed by atoms with van der Waals surface area (Å²) in [7, 11) is 0. The molecule has 21 heavy (non-hydrogen) atoms. The van der Waals surface area contributed by atoms with Crippen LogP contribution < -0.4 is 10.2 Å². The van der Waals surface area contributed by atoms with Crippen molar-refractivity contribution in [2.24, 2.45) is 5.10 Å². The Morgan fingerprint density at radius 1 is 1.19 bits per heavy atom. The van der Waals surface area contributed by atoms with Crippen LogP contribution >= 0.6 is 11.6 Å². The fourth-order valence-corrected chi connectivity index (χ4v) is 1.89. The van der Waals surface area contributed by atoms with E-state index in [1.807, 2.05) is 48.5 Å². The molecule has 0 atom stereocenters. The third-order valence-corrected chi connectivity index (χ3v) is 2.94. The van der Waals surface area contributed by atoms with Crippen LogP contribution in [-0.2, 0) is 6.61 Å². The highest BCUT2D eigenvalue weighted by atomic mass is 35.5. The summed E-state index contributed by atoms with van der Waals surface area (Å²) in [6, 6.07) is 15.2. The molecule has 0 aliphatic carbocycles. The first kappa shape index (κ1) is 15.4. The fourth-order valence-electron chi connectivity index (χ4n) is 1.68. The average Bonchev–Trinajstić information content (AvgIpc) is 2.51. The summed E-state index contributed by atoms with van der Waals surface area (Å²) >= 11 is 5.93. The monoisotopic (exact) mass is 304 g/mol. The summed E-state index contributed by atoms with van der Waals surface area (Å²) in [6.07, 6.45) is 1.69. The highest BCUT2D eigenvalue weighted by molar-refractivity contribution is 6.30. The van der Waals surface area contributed by atoms with Crippen molar-refractivity contribution in [1.29, 1.82) is 0 Å². The van der Waals surface area contributed by atoms with E-state index in [9.17, 15) is 0 Å². The molecule has 0 heterocycles. The number of hydrazone groups is 1. The Hall–Kier alpha value is -2.04. The molecule has 0 aromatic heterocycles. The van der Waals surface area contributed by atoms with Crippen molar-refractivity contribution in [2.45, 2.75) is 6.61 Å². The molecule has 0 bridgehead atoms. The summed E-state index contributed by atoms with van der Waals surface area (Å²) in [5.74, 6) is 0.787. The van der Waals surface area contributed by atoms with Gasteiger partial charge in [0.05, 0.1) is 19.4 Å². The van der Waals surface area contributed by atoms with E-state index in [2.05, 4.69) is 10.5 Å². The van der Waals surface area contributed by atoms with Crippen molar-refractivity contribution in [2.75, 3.05) is 13.2 Å². The van der Waals surface area contributed by atoms with Gasteiger partial charge >= 0.3 is 0 Å². The minimum absolute atomic E-state index is 0.0631. The molecular formula is C16H17ClN2O2. The molecule has 0 unspecified atom stereocenters. The van der Waals surface area contributed by atoms with E-state index in [-0.39, 0.29) is 6.61 Å². The average molecular weight is 305 g/mol. The van der Waals surface area contributed by atoms with Crippen LogP contribution in [0.5, 0.6) is 5.75 Å². The number of ether oxygens (including phenoxy) is 1. The topological polar surface area (TPSA) is 53.8 Å². The lowest BCUT2D eigenvalue weighted by molar-refractivity contribution is 0.294. The molecule has 0 saturated heterocycles. The van der Waals surface area contributed by atoms with Gasteiger partial charge in [0.25, 0.3) is 0 Å². The van der Waals surface area contributed by atoms with Gasteiger partial charge in [0.2, 0.25) is 0 Å². The second-order valence-corrected chi connectivity index (χ2v) is 4.81. The van der Waals surface area contributed by atoms with Crippen LogP contribution in [0.1, 0.15) is 11.1 Å². The van der Waals surface area contributed by atoms with Crippen molar-refractivity contribution in [1.82, 2.24) is 5.43 Å². The lowest BCUT2D eigenvalue weighted by atomic mass is 10.2. The zero-order valence-electron chi connectivity index (χ0n) is 11.5. The van der Waals surface area contributed by atoms with Gasteiger partial charge < -0.3 is 15.3 Å². The van der Waals surface area contributed by atoms with E-state index >= 15 is 0 Å². The predicted octanol–water partition coefficient (Wildman–Crippen LogP) is 2.83. The molecule has 2 rings (SSSR count). The number of aliphatic hydroxyl groups excluding tert-OH is 1. The molecule has 2 N–H and O–H groups in total. The maximum absolute atomic E-state index is 8.61. The van der Waals surface area contributed by atoms with Gasteiger partial charge in [0.1, 0.15) is 12.4 Å². The number of hydrogen-bond acceptors (Lipinski definition) is 4. The van der Waals surface area contributed by atoms with Gasteiger partial charge in [-0.15, -0.1) is 0 Å². The Morgan fingerprint density at radius 3 is 2.71 bits per heavy atom. The smallest absolute Gasteiger partial charge is 0.119 e. The number of halogens is 1. The van der Waals surface area contributed by atoms with Crippen molar-refractivity contribution < 1.29 is 9.84 Å². The molecular weight excluding hydrogens is 288 g/mol. The van der Waals surface area contributed by atoms with Crippen molar-refractivity contribution in [3.63, 3.8) is 0 Å². The van der Waals surface area contributed by atoms with E-state index in [0.717, 1.165) is 16.9 Å². The molecule has 110 valence electrons. The van der Waals surface area contributed by atoms with Crippen LogP contribution in [0.15, 0.2) is 53.6 Å². The highest BCUT2D eigenvalue weighted by Gasteiger charge is 1.97. The molecule has 0 amide bonds. The van der Waals surface area contributed by atoms with Crippen molar-refractivity contribution >= 4 is 17.8 Å². The molecule has 2 aromatic carbocycles. The third kappa shape index (κ3) is 5.45. The third-order valence-electron chi connectivity index (χ3n) is 2.70. The number of nitrogens with one attached hydrogen (secondary N) is 1. The summed E-state index contributed by atoms with van der Waals surface area (Å²) in [4.78, 5) is 0. The maximum Gasteiger partial charge on any atom is 0.119 e. The van der Waals surface area contributed by atoms with Gasteiger partial charge in [-0.05, 0) is 47.5 Å². The van der Waals surface area contributed by atoms with Crippen molar-refractivity contribution in [3.8, 4) is 5.75 Å². The second kappa shape index (κ2) is 8.29. The predicted molar refractivity (Wildman–Crippen MR) is 84.9 cm³/mol. The van der Waals surface area contributed by atoms with Gasteiger partial charge in [-0.2, -0.15) is 5.10 Å². The standard InChI is InChI=1S/C16H17ClN2O2/c17-15-3-1-2-14(10-15)12-21-16-6-4-13(5-7-16)11-19-18-8-9-20/h1-7,10-11,18,20H,8-9,12H2. The number of rotatable bonds is 7. The normalized spacial score (nSPS) is 10.8. The number of nitrogens with zero attached hydrogens (tertiary/aromatic N) is 1. The minimum Gasteiger partial charge on any atom is -0.489 e. The quantitative estimate of drug-likeness (QED) is 0.470. The van der Waals surface area contributed by atoms with E-state index < -0.39 is 0 Å². The first-order valence-electron chi connectivity index (χ1n) is 6.62. The van der Waals surface area contributed by atoms with Crippen LogP contribution in [0.2, 0.25) is 5.02 Å². The first-order chi connectivity index (χ1) is 10.3. The minimum atomic E-state index is 0.0631. The summed E-state index contributed by atoms with van der Waals surface area (Å²) in [5, 5.41) is 13.3. The number of hydrogen-bond donors (Lipinski definition) is 2. The van der Waals surface area contributed by atoms with Gasteiger partial charge in [-0.3, -0.25) is 0 Å². The molecule has 0 fully saturated rings. The lowest BCUT2D eigenvalue weighted by Crippen LogP contribution is -2.11. The van der Waals surface area contributed by atoms with Crippen LogP contribution in [-0.4, -0.2) is 24.5 Å². The Labute approximate surface area is 129 Å². The van der Waals surface area contributed by atoms with E-state index in [0.29, 0.717) is 18.2 Å². The van der Waals surface area contributed by atoms with Crippen LogP contribution in [0.4, 0.5) is 0 Å². The molecule has 5 heteroatoms. The van der Waals surface area contributed by atoms with Crippen LogP contribution in [0.3, 0.4) is 0 Å². The van der Waals surface area contributed by atoms with Gasteiger partial charge in [-0.1, -0.05) is 23.7 Å². The molecule has 0 radical (unpaired) electrons. The SMILES string of the molecule is OCCNN=Cc1ccc(OCc2cccc(Cl)c2)cc1. The Bertz CT molecular complexity index is 585. The molecule has 4 nitrogen and oxygen atoms in total. The number of aliphatic hydroxyl groups is 1. The van der Waals surface area contributed by atoms with Gasteiger partial charge in [0.15, 0.2) is 0 Å². The number of benzene rings is 2. The molecule has 2 aromatic rings. The Balaban J connectivity index is 1.86. The molecule has 0 aliphatic rings. The van der Waals surface area contributed by atoms with Crippen LogP contribution in [0.25, 0.3) is 0 Å². The van der Waals surface area contributed by atoms with E-state index in [4.69, 9.17) is 21.4 Å². The molecule has 0 spiro atoms. The summed E-state index contributed by atoms with van der Waals surface area (Å²) < 4.78 is 5.69. The maximum atomic E-state index is 8.61. The van der Waals surface area contributed by atoms with E-state index in [1.54, 1.807) is 6.21 Å². The fraction of sp³-hybridized carbons (Fsp3) is 0.188. The largest absolute Gasteiger partial charge is 0.489 e. The van der Waals surface area contributed by atoms with Gasteiger partial charge in [0, 0.05) is 5.02 Å². The molecule has 0 saturated carbocycles. The summed E-state index contributed by atoms with van der Waals surface area (Å²) in [6.45, 7) is 0.983. The Morgan fingerprint density at radius 2 is 2.00 bits per heavy atom. The van der Waals surface area contributed by atoms with Crippen molar-refractivity contribution in [3.05, 3.63) is 64.7 Å². The van der Waals surface area contributed by atoms with E-state index in [1.165, 1.54) is 0 Å². The van der Waals surface area contributed by atoms with Crippen LogP contribution in [0, 0.1) is 0 Å². The zero-order chi connectivity index (χ0) is 14.9. The van der Waals surface area contributed by atoms with Gasteiger partial charge in [-0.25, -0.2) is 0 Å². The summed E-state index contributed by atoms with van der Waals surface area (Å²) in [5.41, 5.74) is 4.71. The first-order valence-corrected chi connectivity index (χ1v) is 7.00. The molecule has 0 aliphatic heterocycles. The zero-order valence-corrected chi connectivity index (χ0v) is 12.3. The Kier molecular flexibility index (Phi) is 6.06. The second-order valence-electron chi connectivity index (χ2n) is 4.38. The lowest BCUT2D eigenvalue weighted by Gasteiger charge is -2.06.